The average Bonchev–Trinajstić information content (AvgIpc) is 3.26. The van der Waals surface area contributed by atoms with E-state index < -0.39 is 0 Å². The summed E-state index contributed by atoms with van der Waals surface area (Å²) in [5.41, 5.74) is 4.16. The minimum atomic E-state index is -0.356. The summed E-state index contributed by atoms with van der Waals surface area (Å²) in [5.74, 6) is -1.20. The normalized spacial score (nSPS) is 10.9. The Labute approximate surface area is 218 Å². The zero-order chi connectivity index (χ0) is 26.5. The smallest absolute Gasteiger partial charge is 0.268 e. The molecular formula is C31H25F2N3O2. The molecule has 0 bridgehead atoms. The van der Waals surface area contributed by atoms with Crippen LogP contribution in [0.4, 0.5) is 14.5 Å². The van der Waals surface area contributed by atoms with Crippen molar-refractivity contribution >= 4 is 28.4 Å². The van der Waals surface area contributed by atoms with Gasteiger partial charge in [-0.15, -0.1) is 0 Å². The standard InChI is InChI=1S/C31H25F2N3O2/c32-25-11-9-21(10-12-25)16-30(37)35-27-13-14-28-24(17-27)18-29(31(38)34-19-22-5-2-1-3-6-22)36(28)20-23-7-4-8-26(33)15-23/h1-15,17-18H,16,19-20H2,(H,34,38)(H,35,37). The van der Waals surface area contributed by atoms with Gasteiger partial charge in [0.1, 0.15) is 17.3 Å². The number of nitrogens with zero attached hydrogens (tertiary/aromatic N) is 1. The van der Waals surface area contributed by atoms with Gasteiger partial charge >= 0.3 is 0 Å². The second-order valence-electron chi connectivity index (χ2n) is 9.04. The Morgan fingerprint density at radius 3 is 2.24 bits per heavy atom. The van der Waals surface area contributed by atoms with Gasteiger partial charge in [0.15, 0.2) is 0 Å². The predicted molar refractivity (Wildman–Crippen MR) is 144 cm³/mol. The van der Waals surface area contributed by atoms with Crippen LogP contribution >= 0.6 is 0 Å². The second kappa shape index (κ2) is 11.1. The molecule has 2 amide bonds. The summed E-state index contributed by atoms with van der Waals surface area (Å²) in [6.07, 6.45) is 0.103. The molecule has 2 N–H and O–H groups in total. The molecule has 0 unspecified atom stereocenters. The molecule has 0 saturated carbocycles. The predicted octanol–water partition coefficient (Wildman–Crippen LogP) is 6.08. The van der Waals surface area contributed by atoms with Crippen molar-refractivity contribution in [3.05, 3.63) is 137 Å². The fraction of sp³-hybridized carbons (Fsp3) is 0.0968. The van der Waals surface area contributed by atoms with Crippen molar-refractivity contribution in [2.45, 2.75) is 19.5 Å². The number of nitrogens with one attached hydrogen (secondary N) is 2. The summed E-state index contributed by atoms with van der Waals surface area (Å²) < 4.78 is 28.9. The van der Waals surface area contributed by atoms with Gasteiger partial charge < -0.3 is 15.2 Å². The van der Waals surface area contributed by atoms with E-state index in [-0.39, 0.29) is 29.9 Å². The highest BCUT2D eigenvalue weighted by molar-refractivity contribution is 6.01. The van der Waals surface area contributed by atoms with Crippen LogP contribution in [0, 0.1) is 11.6 Å². The van der Waals surface area contributed by atoms with Gasteiger partial charge in [0.25, 0.3) is 5.91 Å². The third-order valence-electron chi connectivity index (χ3n) is 6.22. The third kappa shape index (κ3) is 5.95. The number of anilines is 1. The average molecular weight is 510 g/mol. The number of amides is 2. The van der Waals surface area contributed by atoms with Gasteiger partial charge in [0.2, 0.25) is 5.91 Å². The molecular weight excluding hydrogens is 484 g/mol. The molecule has 4 aromatic carbocycles. The molecule has 0 aliphatic carbocycles. The van der Waals surface area contributed by atoms with E-state index in [4.69, 9.17) is 0 Å². The molecule has 0 aliphatic rings. The largest absolute Gasteiger partial charge is 0.347 e. The fourth-order valence-electron chi connectivity index (χ4n) is 4.39. The fourth-order valence-corrected chi connectivity index (χ4v) is 4.39. The van der Waals surface area contributed by atoms with Crippen molar-refractivity contribution in [1.29, 1.82) is 0 Å². The monoisotopic (exact) mass is 509 g/mol. The van der Waals surface area contributed by atoms with E-state index in [0.29, 0.717) is 30.0 Å². The van der Waals surface area contributed by atoms with Crippen LogP contribution in [0.2, 0.25) is 0 Å². The number of carbonyl (C=O) groups excluding carboxylic acids is 2. The zero-order valence-electron chi connectivity index (χ0n) is 20.5. The highest BCUT2D eigenvalue weighted by atomic mass is 19.1. The number of hydrogen-bond donors (Lipinski definition) is 2. The number of carbonyl (C=O) groups is 2. The lowest BCUT2D eigenvalue weighted by molar-refractivity contribution is -0.115. The second-order valence-corrected chi connectivity index (χ2v) is 9.04. The van der Waals surface area contributed by atoms with E-state index in [2.05, 4.69) is 10.6 Å². The van der Waals surface area contributed by atoms with Gasteiger partial charge in [-0.1, -0.05) is 54.6 Å². The third-order valence-corrected chi connectivity index (χ3v) is 6.22. The molecule has 0 fully saturated rings. The summed E-state index contributed by atoms with van der Waals surface area (Å²) >= 11 is 0. The Kier molecular flexibility index (Phi) is 7.26. The molecule has 5 aromatic rings. The lowest BCUT2D eigenvalue weighted by Gasteiger charge is -2.12. The van der Waals surface area contributed by atoms with Gasteiger partial charge in [-0.3, -0.25) is 9.59 Å². The molecule has 5 nitrogen and oxygen atoms in total. The maximum Gasteiger partial charge on any atom is 0.268 e. The molecule has 38 heavy (non-hydrogen) atoms. The Hall–Kier alpha value is -4.78. The summed E-state index contributed by atoms with van der Waals surface area (Å²) in [4.78, 5) is 25.8. The Morgan fingerprint density at radius 2 is 1.47 bits per heavy atom. The van der Waals surface area contributed by atoms with E-state index in [9.17, 15) is 18.4 Å². The molecule has 0 atom stereocenters. The Morgan fingerprint density at radius 1 is 0.711 bits per heavy atom. The molecule has 190 valence electrons. The number of rotatable bonds is 8. The van der Waals surface area contributed by atoms with Crippen LogP contribution in [-0.2, 0) is 24.3 Å². The van der Waals surface area contributed by atoms with Crippen LogP contribution < -0.4 is 10.6 Å². The van der Waals surface area contributed by atoms with Crippen LogP contribution in [0.5, 0.6) is 0 Å². The first-order valence-electron chi connectivity index (χ1n) is 12.2. The SMILES string of the molecule is O=C(Cc1ccc(F)cc1)Nc1ccc2c(c1)cc(C(=O)NCc1ccccc1)n2Cc1cccc(F)c1. The summed E-state index contributed by atoms with van der Waals surface area (Å²) in [7, 11) is 0. The zero-order valence-corrected chi connectivity index (χ0v) is 20.5. The Balaban J connectivity index is 1.41. The van der Waals surface area contributed by atoms with Gasteiger partial charge in [-0.25, -0.2) is 8.78 Å². The summed E-state index contributed by atoms with van der Waals surface area (Å²) in [6, 6.07) is 28.8. The Bertz CT molecular complexity index is 1600. The first-order valence-corrected chi connectivity index (χ1v) is 12.2. The molecule has 0 spiro atoms. The topological polar surface area (TPSA) is 63.1 Å². The highest BCUT2D eigenvalue weighted by Gasteiger charge is 2.17. The van der Waals surface area contributed by atoms with E-state index in [1.54, 1.807) is 36.4 Å². The molecule has 1 heterocycles. The molecule has 1 aromatic heterocycles. The number of hydrogen-bond acceptors (Lipinski definition) is 2. The molecule has 0 saturated heterocycles. The van der Waals surface area contributed by atoms with Crippen molar-refractivity contribution in [2.75, 3.05) is 5.32 Å². The lowest BCUT2D eigenvalue weighted by atomic mass is 10.1. The molecule has 0 aliphatic heterocycles. The maximum atomic E-state index is 13.9. The number of fused-ring (bicyclic) bond motifs is 1. The van der Waals surface area contributed by atoms with E-state index in [1.807, 2.05) is 47.0 Å². The number of aromatic nitrogens is 1. The lowest BCUT2D eigenvalue weighted by Crippen LogP contribution is -2.25. The van der Waals surface area contributed by atoms with Crippen LogP contribution in [0.1, 0.15) is 27.2 Å². The molecule has 0 radical (unpaired) electrons. The minimum Gasteiger partial charge on any atom is -0.347 e. The van der Waals surface area contributed by atoms with Gasteiger partial charge in [-0.2, -0.15) is 0 Å². The van der Waals surface area contributed by atoms with Crippen molar-refractivity contribution in [2.24, 2.45) is 0 Å². The van der Waals surface area contributed by atoms with Crippen LogP contribution in [0.25, 0.3) is 10.9 Å². The van der Waals surface area contributed by atoms with Gasteiger partial charge in [-0.05, 0) is 65.2 Å². The van der Waals surface area contributed by atoms with Gasteiger partial charge in [0, 0.05) is 29.7 Å². The number of benzene rings is 4. The molecule has 5 rings (SSSR count). The minimum absolute atomic E-state index is 0.103. The van der Waals surface area contributed by atoms with Crippen LogP contribution in [0.3, 0.4) is 0 Å². The van der Waals surface area contributed by atoms with Crippen molar-refractivity contribution in [1.82, 2.24) is 9.88 Å². The quantitative estimate of drug-likeness (QED) is 0.266. The van der Waals surface area contributed by atoms with Crippen molar-refractivity contribution < 1.29 is 18.4 Å². The van der Waals surface area contributed by atoms with Crippen LogP contribution in [-0.4, -0.2) is 16.4 Å². The summed E-state index contributed by atoms with van der Waals surface area (Å²) in [6.45, 7) is 0.664. The van der Waals surface area contributed by atoms with E-state index >= 15 is 0 Å². The van der Waals surface area contributed by atoms with Crippen molar-refractivity contribution in [3.8, 4) is 0 Å². The van der Waals surface area contributed by atoms with Gasteiger partial charge in [0.05, 0.1) is 6.42 Å². The molecule has 7 heteroatoms. The number of halogens is 2. The van der Waals surface area contributed by atoms with E-state index in [1.165, 1.54) is 24.3 Å². The van der Waals surface area contributed by atoms with E-state index in [0.717, 1.165) is 22.0 Å². The highest BCUT2D eigenvalue weighted by Crippen LogP contribution is 2.25. The first-order chi connectivity index (χ1) is 18.4. The maximum absolute atomic E-state index is 13.9. The summed E-state index contributed by atoms with van der Waals surface area (Å²) in [5, 5.41) is 6.58. The first kappa shape index (κ1) is 24.9. The van der Waals surface area contributed by atoms with Crippen LogP contribution in [0.15, 0.2) is 103 Å². The van der Waals surface area contributed by atoms with Crippen molar-refractivity contribution in [3.63, 3.8) is 0 Å².